The molecule has 0 aliphatic rings. The number of rotatable bonds is 3. The fourth-order valence-corrected chi connectivity index (χ4v) is 1.59. The molecule has 0 bridgehead atoms. The summed E-state index contributed by atoms with van der Waals surface area (Å²) in [5.74, 6) is -4.91. The van der Waals surface area contributed by atoms with Crippen LogP contribution in [0.1, 0.15) is 12.0 Å². The zero-order valence-electron chi connectivity index (χ0n) is 8.73. The molecule has 1 N–H and O–H groups in total. The van der Waals surface area contributed by atoms with Crippen LogP contribution in [0.5, 0.6) is 0 Å². The molecule has 0 unspecified atom stereocenters. The van der Waals surface area contributed by atoms with Gasteiger partial charge in [0.25, 0.3) is 5.92 Å². The molecular weight excluding hydrogens is 228 g/mol. The van der Waals surface area contributed by atoms with Crippen LogP contribution in [-0.4, -0.2) is 16.1 Å². The van der Waals surface area contributed by atoms with E-state index in [9.17, 15) is 13.6 Å². The molecule has 88 valence electrons. The van der Waals surface area contributed by atoms with Crippen LogP contribution in [-0.2, 0) is 10.7 Å². The Morgan fingerprint density at radius 2 is 2.12 bits per heavy atom. The average molecular weight is 237 g/mol. The summed E-state index contributed by atoms with van der Waals surface area (Å²) in [7, 11) is 0. The molecule has 1 aromatic carbocycles. The molecule has 2 rings (SSSR count). The van der Waals surface area contributed by atoms with Gasteiger partial charge in [-0.1, -0.05) is 18.2 Å². The van der Waals surface area contributed by atoms with E-state index in [4.69, 9.17) is 5.11 Å². The van der Waals surface area contributed by atoms with Crippen LogP contribution in [0.15, 0.2) is 36.5 Å². The molecule has 1 heterocycles. The number of carboxylic acid groups (broad SMARTS) is 1. The number of aliphatic carboxylic acids is 1. The summed E-state index contributed by atoms with van der Waals surface area (Å²) >= 11 is 0. The van der Waals surface area contributed by atoms with Gasteiger partial charge in [-0.15, -0.1) is 0 Å². The minimum absolute atomic E-state index is 0.328. The van der Waals surface area contributed by atoms with Crippen LogP contribution in [0.25, 0.3) is 10.9 Å². The second-order valence-corrected chi connectivity index (χ2v) is 3.69. The van der Waals surface area contributed by atoms with Gasteiger partial charge in [-0.05, 0) is 12.1 Å². The maximum absolute atomic E-state index is 13.5. The minimum Gasteiger partial charge on any atom is -0.481 e. The molecule has 0 saturated carbocycles. The van der Waals surface area contributed by atoms with E-state index in [1.54, 1.807) is 12.1 Å². The van der Waals surface area contributed by atoms with E-state index >= 15 is 0 Å². The number of pyridine rings is 1. The first-order chi connectivity index (χ1) is 7.99. The highest BCUT2D eigenvalue weighted by atomic mass is 19.3. The lowest BCUT2D eigenvalue weighted by Gasteiger charge is -2.14. The van der Waals surface area contributed by atoms with E-state index in [1.165, 1.54) is 24.4 Å². The number of carbonyl (C=O) groups is 1. The van der Waals surface area contributed by atoms with Crippen LogP contribution in [0.4, 0.5) is 8.78 Å². The number of alkyl halides is 2. The summed E-state index contributed by atoms with van der Waals surface area (Å²) in [5.41, 5.74) is 0.0983. The number of benzene rings is 1. The zero-order valence-corrected chi connectivity index (χ0v) is 8.73. The van der Waals surface area contributed by atoms with Gasteiger partial charge >= 0.3 is 5.97 Å². The molecule has 3 nitrogen and oxygen atoms in total. The highest BCUT2D eigenvalue weighted by Gasteiger charge is 2.34. The van der Waals surface area contributed by atoms with Crippen molar-refractivity contribution in [3.63, 3.8) is 0 Å². The third-order valence-corrected chi connectivity index (χ3v) is 2.40. The molecule has 1 aromatic heterocycles. The molecule has 17 heavy (non-hydrogen) atoms. The van der Waals surface area contributed by atoms with Gasteiger partial charge in [-0.25, -0.2) is 8.78 Å². The Labute approximate surface area is 95.7 Å². The molecule has 0 amide bonds. The molecule has 0 aliphatic carbocycles. The van der Waals surface area contributed by atoms with E-state index in [0.717, 1.165) is 5.39 Å². The molecule has 5 heteroatoms. The van der Waals surface area contributed by atoms with Gasteiger partial charge in [-0.3, -0.25) is 9.78 Å². The van der Waals surface area contributed by atoms with Crippen LogP contribution >= 0.6 is 0 Å². The Bertz CT molecular complexity index is 569. The molecule has 0 radical (unpaired) electrons. The summed E-state index contributed by atoms with van der Waals surface area (Å²) in [4.78, 5) is 14.3. The Hall–Kier alpha value is -2.04. The van der Waals surface area contributed by atoms with Gasteiger partial charge in [-0.2, -0.15) is 0 Å². The fraction of sp³-hybridized carbons (Fsp3) is 0.167. The van der Waals surface area contributed by atoms with Crippen LogP contribution in [0, 0.1) is 0 Å². The van der Waals surface area contributed by atoms with E-state index < -0.39 is 18.3 Å². The third kappa shape index (κ3) is 2.38. The van der Waals surface area contributed by atoms with E-state index in [-0.39, 0.29) is 5.56 Å². The lowest BCUT2D eigenvalue weighted by Crippen LogP contribution is -2.18. The van der Waals surface area contributed by atoms with Crippen molar-refractivity contribution in [1.82, 2.24) is 4.98 Å². The summed E-state index contributed by atoms with van der Waals surface area (Å²) in [6, 6.07) is 7.41. The maximum Gasteiger partial charge on any atom is 0.309 e. The smallest absolute Gasteiger partial charge is 0.309 e. The Balaban J connectivity index is 2.45. The number of aromatic nitrogens is 1. The van der Waals surface area contributed by atoms with Crippen molar-refractivity contribution in [2.24, 2.45) is 0 Å². The topological polar surface area (TPSA) is 50.2 Å². The standard InChI is InChI=1S/C12H9F2NO2/c13-12(14,7-11(16)17)9-4-3-8-2-1-5-15-10(8)6-9/h1-6H,7H2,(H,16,17). The molecule has 0 aliphatic heterocycles. The van der Waals surface area contributed by atoms with Gasteiger partial charge in [0.1, 0.15) is 6.42 Å². The maximum atomic E-state index is 13.5. The van der Waals surface area contributed by atoms with Crippen molar-refractivity contribution in [2.45, 2.75) is 12.3 Å². The largest absolute Gasteiger partial charge is 0.481 e. The van der Waals surface area contributed by atoms with Gasteiger partial charge in [0.15, 0.2) is 0 Å². The summed E-state index contributed by atoms with van der Waals surface area (Å²) in [6.45, 7) is 0. The fourth-order valence-electron chi connectivity index (χ4n) is 1.59. The first-order valence-electron chi connectivity index (χ1n) is 4.94. The second-order valence-electron chi connectivity index (χ2n) is 3.69. The highest BCUT2D eigenvalue weighted by Crippen LogP contribution is 2.32. The van der Waals surface area contributed by atoms with Gasteiger partial charge in [0.05, 0.1) is 5.52 Å². The Morgan fingerprint density at radius 1 is 1.35 bits per heavy atom. The predicted octanol–water partition coefficient (Wildman–Crippen LogP) is 2.80. The predicted molar refractivity (Wildman–Crippen MR) is 57.9 cm³/mol. The number of hydrogen-bond donors (Lipinski definition) is 1. The molecule has 0 saturated heterocycles. The quantitative estimate of drug-likeness (QED) is 0.892. The Kier molecular flexibility index (Phi) is 2.75. The number of fused-ring (bicyclic) bond motifs is 1. The first-order valence-corrected chi connectivity index (χ1v) is 4.94. The van der Waals surface area contributed by atoms with Crippen molar-refractivity contribution in [1.29, 1.82) is 0 Å². The normalized spacial score (nSPS) is 11.6. The molecule has 2 aromatic rings. The van der Waals surface area contributed by atoms with Crippen molar-refractivity contribution in [3.05, 3.63) is 42.1 Å². The molecule has 0 spiro atoms. The number of nitrogens with zero attached hydrogens (tertiary/aromatic N) is 1. The number of halogens is 2. The minimum atomic E-state index is -3.38. The highest BCUT2D eigenvalue weighted by molar-refractivity contribution is 5.79. The summed E-state index contributed by atoms with van der Waals surface area (Å²) < 4.78 is 27.1. The average Bonchev–Trinajstić information content (AvgIpc) is 2.26. The summed E-state index contributed by atoms with van der Waals surface area (Å²) in [6.07, 6.45) is 0.285. The van der Waals surface area contributed by atoms with Crippen molar-refractivity contribution < 1.29 is 18.7 Å². The van der Waals surface area contributed by atoms with E-state index in [2.05, 4.69) is 4.98 Å². The van der Waals surface area contributed by atoms with Crippen LogP contribution in [0.3, 0.4) is 0 Å². The van der Waals surface area contributed by atoms with Crippen LogP contribution < -0.4 is 0 Å². The van der Waals surface area contributed by atoms with Crippen molar-refractivity contribution in [2.75, 3.05) is 0 Å². The number of hydrogen-bond acceptors (Lipinski definition) is 2. The SMILES string of the molecule is O=C(O)CC(F)(F)c1ccc2cccnc2c1. The lowest BCUT2D eigenvalue weighted by atomic mass is 10.0. The molecule has 0 atom stereocenters. The molecule has 0 fully saturated rings. The van der Waals surface area contributed by atoms with Gasteiger partial charge in [0.2, 0.25) is 0 Å². The zero-order chi connectivity index (χ0) is 12.5. The van der Waals surface area contributed by atoms with E-state index in [0.29, 0.717) is 5.52 Å². The Morgan fingerprint density at radius 3 is 2.82 bits per heavy atom. The number of carboxylic acids is 1. The van der Waals surface area contributed by atoms with Crippen LogP contribution in [0.2, 0.25) is 0 Å². The van der Waals surface area contributed by atoms with E-state index in [1.807, 2.05) is 0 Å². The lowest BCUT2D eigenvalue weighted by molar-refractivity contribution is -0.145. The second kappa shape index (κ2) is 4.08. The molecular formula is C12H9F2NO2. The first kappa shape index (κ1) is 11.4. The van der Waals surface area contributed by atoms with Crippen molar-refractivity contribution >= 4 is 16.9 Å². The van der Waals surface area contributed by atoms with Crippen molar-refractivity contribution in [3.8, 4) is 0 Å². The summed E-state index contributed by atoms with van der Waals surface area (Å²) in [5, 5.41) is 9.17. The third-order valence-electron chi connectivity index (χ3n) is 2.40. The van der Waals surface area contributed by atoms with Gasteiger partial charge in [0, 0.05) is 17.1 Å². The van der Waals surface area contributed by atoms with Gasteiger partial charge < -0.3 is 5.11 Å². The monoisotopic (exact) mass is 237 g/mol.